The van der Waals surface area contributed by atoms with Gasteiger partial charge in [-0.2, -0.15) is 5.10 Å². The fraction of sp³-hybridized carbons (Fsp3) is 0.800. The molecule has 0 aliphatic carbocycles. The molecule has 5 nitrogen and oxygen atoms in total. The van der Waals surface area contributed by atoms with Crippen molar-refractivity contribution in [3.05, 3.63) is 12.2 Å². The summed E-state index contributed by atoms with van der Waals surface area (Å²) in [5.74, 6) is 0.927. The highest BCUT2D eigenvalue weighted by Crippen LogP contribution is 2.05. The zero-order chi connectivity index (χ0) is 10.7. The standard InChI is InChI=1S/C10H19N5/c1-14-6-4-9(7-14)11-5-3-10-12-8-15(2)13-10/h8-9,11H,3-7H2,1-2H3. The summed E-state index contributed by atoms with van der Waals surface area (Å²) >= 11 is 0. The first-order valence-corrected chi connectivity index (χ1v) is 5.50. The maximum atomic E-state index is 4.24. The van der Waals surface area contributed by atoms with E-state index < -0.39 is 0 Å². The monoisotopic (exact) mass is 209 g/mol. The molecule has 5 heteroatoms. The molecule has 0 aromatic carbocycles. The van der Waals surface area contributed by atoms with Crippen LogP contribution in [-0.2, 0) is 13.5 Å². The third kappa shape index (κ3) is 3.00. The van der Waals surface area contributed by atoms with Gasteiger partial charge in [-0.1, -0.05) is 0 Å². The van der Waals surface area contributed by atoms with Crippen molar-refractivity contribution in [2.45, 2.75) is 18.9 Å². The summed E-state index contributed by atoms with van der Waals surface area (Å²) in [6.45, 7) is 3.34. The van der Waals surface area contributed by atoms with E-state index in [1.165, 1.54) is 13.0 Å². The lowest BCUT2D eigenvalue weighted by atomic mass is 10.2. The molecule has 1 atom stereocenters. The number of hydrogen-bond donors (Lipinski definition) is 1. The minimum absolute atomic E-state index is 0.652. The summed E-state index contributed by atoms with van der Waals surface area (Å²) in [5.41, 5.74) is 0. The van der Waals surface area contributed by atoms with Crippen LogP contribution in [0.15, 0.2) is 6.33 Å². The van der Waals surface area contributed by atoms with Gasteiger partial charge in [-0.25, -0.2) is 4.98 Å². The Morgan fingerprint density at radius 1 is 1.53 bits per heavy atom. The van der Waals surface area contributed by atoms with E-state index in [1.54, 1.807) is 11.0 Å². The van der Waals surface area contributed by atoms with E-state index in [0.717, 1.165) is 25.3 Å². The van der Waals surface area contributed by atoms with Crippen molar-refractivity contribution in [2.75, 3.05) is 26.7 Å². The van der Waals surface area contributed by atoms with E-state index in [9.17, 15) is 0 Å². The van der Waals surface area contributed by atoms with Gasteiger partial charge in [0.15, 0.2) is 5.82 Å². The fourth-order valence-corrected chi connectivity index (χ4v) is 1.99. The van der Waals surface area contributed by atoms with Crippen molar-refractivity contribution in [2.24, 2.45) is 7.05 Å². The summed E-state index contributed by atoms with van der Waals surface area (Å²) in [5, 5.41) is 7.78. The molecule has 0 spiro atoms. The van der Waals surface area contributed by atoms with Gasteiger partial charge in [-0.05, 0) is 20.0 Å². The molecular weight excluding hydrogens is 190 g/mol. The Balaban J connectivity index is 1.67. The molecule has 1 unspecified atom stereocenters. The smallest absolute Gasteiger partial charge is 0.151 e. The van der Waals surface area contributed by atoms with Crippen molar-refractivity contribution in [3.8, 4) is 0 Å². The zero-order valence-electron chi connectivity index (χ0n) is 9.48. The van der Waals surface area contributed by atoms with Gasteiger partial charge in [0.25, 0.3) is 0 Å². The van der Waals surface area contributed by atoms with Crippen LogP contribution in [0.2, 0.25) is 0 Å². The Morgan fingerprint density at radius 2 is 2.40 bits per heavy atom. The molecule has 1 aliphatic rings. The number of aryl methyl sites for hydroxylation is 1. The normalized spacial score (nSPS) is 22.4. The Bertz CT molecular complexity index is 309. The molecule has 1 saturated heterocycles. The third-order valence-electron chi connectivity index (χ3n) is 2.82. The van der Waals surface area contributed by atoms with Gasteiger partial charge in [0.05, 0.1) is 0 Å². The molecule has 1 fully saturated rings. The molecule has 84 valence electrons. The van der Waals surface area contributed by atoms with Crippen LogP contribution in [0.4, 0.5) is 0 Å². The molecule has 0 radical (unpaired) electrons. The summed E-state index contributed by atoms with van der Waals surface area (Å²) in [6, 6.07) is 0.652. The van der Waals surface area contributed by atoms with Crippen molar-refractivity contribution >= 4 is 0 Å². The Morgan fingerprint density at radius 3 is 3.00 bits per heavy atom. The number of rotatable bonds is 4. The SMILES string of the molecule is CN1CCC(NCCc2ncn(C)n2)C1. The summed E-state index contributed by atoms with van der Waals surface area (Å²) in [4.78, 5) is 6.55. The first-order chi connectivity index (χ1) is 7.24. The molecule has 0 saturated carbocycles. The minimum atomic E-state index is 0.652. The molecule has 1 aromatic heterocycles. The molecule has 0 bridgehead atoms. The first kappa shape index (κ1) is 10.6. The molecule has 2 rings (SSSR count). The van der Waals surface area contributed by atoms with Gasteiger partial charge in [-0.3, -0.25) is 4.68 Å². The molecule has 2 heterocycles. The second-order valence-corrected chi connectivity index (χ2v) is 4.29. The molecule has 1 aliphatic heterocycles. The highest BCUT2D eigenvalue weighted by molar-refractivity contribution is 4.84. The van der Waals surface area contributed by atoms with Crippen molar-refractivity contribution in [3.63, 3.8) is 0 Å². The van der Waals surface area contributed by atoms with Gasteiger partial charge < -0.3 is 10.2 Å². The maximum absolute atomic E-state index is 4.24. The molecule has 1 aromatic rings. The molecule has 1 N–H and O–H groups in total. The van der Waals surface area contributed by atoms with Crippen molar-refractivity contribution in [1.29, 1.82) is 0 Å². The summed E-state index contributed by atoms with van der Waals surface area (Å²) in [6.07, 6.45) is 3.92. The van der Waals surface area contributed by atoms with Gasteiger partial charge in [0.2, 0.25) is 0 Å². The average molecular weight is 209 g/mol. The van der Waals surface area contributed by atoms with E-state index in [0.29, 0.717) is 6.04 Å². The van der Waals surface area contributed by atoms with Crippen LogP contribution in [0.5, 0.6) is 0 Å². The predicted octanol–water partition coefficient (Wildman–Crippen LogP) is -0.349. The maximum Gasteiger partial charge on any atom is 0.151 e. The van der Waals surface area contributed by atoms with Gasteiger partial charge in [0.1, 0.15) is 6.33 Å². The topological polar surface area (TPSA) is 46.0 Å². The number of likely N-dealkylation sites (N-methyl/N-ethyl adjacent to an activating group) is 1. The highest BCUT2D eigenvalue weighted by atomic mass is 15.3. The lowest BCUT2D eigenvalue weighted by Gasteiger charge is -2.11. The fourth-order valence-electron chi connectivity index (χ4n) is 1.99. The number of nitrogens with zero attached hydrogens (tertiary/aromatic N) is 4. The van der Waals surface area contributed by atoms with Crippen LogP contribution in [0.3, 0.4) is 0 Å². The molecular formula is C10H19N5. The van der Waals surface area contributed by atoms with Crippen molar-refractivity contribution in [1.82, 2.24) is 25.0 Å². The van der Waals surface area contributed by atoms with E-state index in [2.05, 4.69) is 27.3 Å². The average Bonchev–Trinajstić information content (AvgIpc) is 2.76. The lowest BCUT2D eigenvalue weighted by molar-refractivity contribution is 0.398. The van der Waals surface area contributed by atoms with Gasteiger partial charge in [-0.15, -0.1) is 0 Å². The molecule has 15 heavy (non-hydrogen) atoms. The van der Waals surface area contributed by atoms with Crippen LogP contribution in [0, 0.1) is 0 Å². The van der Waals surface area contributed by atoms with Crippen molar-refractivity contribution < 1.29 is 0 Å². The van der Waals surface area contributed by atoms with Gasteiger partial charge in [0, 0.05) is 32.6 Å². The van der Waals surface area contributed by atoms with E-state index >= 15 is 0 Å². The second kappa shape index (κ2) is 4.72. The first-order valence-electron chi connectivity index (χ1n) is 5.50. The number of nitrogens with one attached hydrogen (secondary N) is 1. The van der Waals surface area contributed by atoms with E-state index in [-0.39, 0.29) is 0 Å². The van der Waals surface area contributed by atoms with Crippen LogP contribution in [0.1, 0.15) is 12.2 Å². The van der Waals surface area contributed by atoms with Crippen LogP contribution in [-0.4, -0.2) is 52.4 Å². The van der Waals surface area contributed by atoms with E-state index in [4.69, 9.17) is 0 Å². The third-order valence-corrected chi connectivity index (χ3v) is 2.82. The Kier molecular flexibility index (Phi) is 3.33. The highest BCUT2D eigenvalue weighted by Gasteiger charge is 2.18. The quantitative estimate of drug-likeness (QED) is 0.736. The zero-order valence-corrected chi connectivity index (χ0v) is 9.48. The predicted molar refractivity (Wildman–Crippen MR) is 58.6 cm³/mol. The summed E-state index contributed by atoms with van der Waals surface area (Å²) < 4.78 is 1.75. The molecule has 0 amide bonds. The number of hydrogen-bond acceptors (Lipinski definition) is 4. The largest absolute Gasteiger partial charge is 0.312 e. The van der Waals surface area contributed by atoms with E-state index in [1.807, 2.05) is 7.05 Å². The summed E-state index contributed by atoms with van der Waals surface area (Å²) in [7, 11) is 4.07. The lowest BCUT2D eigenvalue weighted by Crippen LogP contribution is -2.33. The van der Waals surface area contributed by atoms with Crippen LogP contribution in [0.25, 0.3) is 0 Å². The second-order valence-electron chi connectivity index (χ2n) is 4.29. The van der Waals surface area contributed by atoms with Gasteiger partial charge >= 0.3 is 0 Å². The Hall–Kier alpha value is -0.940. The Labute approximate surface area is 90.5 Å². The van der Waals surface area contributed by atoms with Crippen LogP contribution < -0.4 is 5.32 Å². The number of aromatic nitrogens is 3. The number of likely N-dealkylation sites (tertiary alicyclic amines) is 1. The van der Waals surface area contributed by atoms with Crippen LogP contribution >= 0.6 is 0 Å². The minimum Gasteiger partial charge on any atom is -0.312 e.